The van der Waals surface area contributed by atoms with Gasteiger partial charge in [0, 0.05) is 25.3 Å². The first kappa shape index (κ1) is 20.0. The Morgan fingerprint density at radius 3 is 2.86 bits per heavy atom. The molecule has 1 aromatic carbocycles. The molecule has 8 heteroatoms. The van der Waals surface area contributed by atoms with Crippen LogP contribution in [0.15, 0.2) is 29.1 Å². The van der Waals surface area contributed by atoms with Crippen molar-refractivity contribution in [1.29, 1.82) is 0 Å². The van der Waals surface area contributed by atoms with Crippen LogP contribution >= 0.6 is 0 Å². The molecule has 28 heavy (non-hydrogen) atoms. The molecule has 1 aromatic heterocycles. The monoisotopic (exact) mass is 386 g/mol. The fourth-order valence-corrected chi connectivity index (χ4v) is 3.53. The summed E-state index contributed by atoms with van der Waals surface area (Å²) in [5.41, 5.74) is 1.32. The molecule has 1 aliphatic carbocycles. The maximum atomic E-state index is 12.3. The molecule has 1 aliphatic rings. The second-order valence-corrected chi connectivity index (χ2v) is 7.23. The van der Waals surface area contributed by atoms with Gasteiger partial charge in [0.25, 0.3) is 5.56 Å². The minimum atomic E-state index is -0.747. The molecule has 4 N–H and O–H groups in total. The number of para-hydroxylation sites is 2. The lowest BCUT2D eigenvalue weighted by Crippen LogP contribution is -2.40. The predicted octanol–water partition coefficient (Wildman–Crippen LogP) is 0.638. The highest BCUT2D eigenvalue weighted by atomic mass is 16.3. The summed E-state index contributed by atoms with van der Waals surface area (Å²) < 4.78 is 0. The third-order valence-corrected chi connectivity index (χ3v) is 5.05. The third-order valence-electron chi connectivity index (χ3n) is 5.05. The number of carbonyl (C=O) groups excluding carboxylic acids is 2. The van der Waals surface area contributed by atoms with Crippen molar-refractivity contribution in [3.8, 4) is 0 Å². The Balaban J connectivity index is 1.54. The van der Waals surface area contributed by atoms with Gasteiger partial charge in [-0.05, 0) is 31.4 Å². The molecule has 150 valence electrons. The van der Waals surface area contributed by atoms with Gasteiger partial charge >= 0.3 is 0 Å². The summed E-state index contributed by atoms with van der Waals surface area (Å²) in [6.45, 7) is 2.58. The minimum Gasteiger partial charge on any atom is -0.391 e. The number of aromatic nitrogens is 2. The van der Waals surface area contributed by atoms with Crippen LogP contribution in [0.25, 0.3) is 11.0 Å². The molecule has 3 atom stereocenters. The van der Waals surface area contributed by atoms with E-state index in [1.807, 2.05) is 19.1 Å². The molecule has 8 nitrogen and oxygen atoms in total. The molecule has 0 unspecified atom stereocenters. The van der Waals surface area contributed by atoms with Crippen molar-refractivity contribution in [2.24, 2.45) is 5.92 Å². The van der Waals surface area contributed by atoms with Crippen LogP contribution in [0.5, 0.6) is 0 Å². The van der Waals surface area contributed by atoms with E-state index >= 15 is 0 Å². The van der Waals surface area contributed by atoms with Crippen LogP contribution in [-0.2, 0) is 16.0 Å². The van der Waals surface area contributed by atoms with Gasteiger partial charge in [-0.1, -0.05) is 19.1 Å². The van der Waals surface area contributed by atoms with Crippen LogP contribution in [0.1, 0.15) is 38.3 Å². The molecule has 2 aromatic rings. The largest absolute Gasteiger partial charge is 0.391 e. The Kier molecular flexibility index (Phi) is 6.41. The number of benzene rings is 1. The molecule has 0 aliphatic heterocycles. The summed E-state index contributed by atoms with van der Waals surface area (Å²) in [7, 11) is 0. The van der Waals surface area contributed by atoms with Gasteiger partial charge in [0.2, 0.25) is 11.8 Å². The molecular formula is C20H26N4O4. The first-order valence-corrected chi connectivity index (χ1v) is 9.71. The molecule has 0 radical (unpaired) electrons. The van der Waals surface area contributed by atoms with Crippen molar-refractivity contribution >= 4 is 22.8 Å². The summed E-state index contributed by atoms with van der Waals surface area (Å²) in [6, 6.07) is 6.77. The average Bonchev–Trinajstić information content (AvgIpc) is 3.04. The fraction of sp³-hybridized carbons (Fsp3) is 0.500. The maximum Gasteiger partial charge on any atom is 0.270 e. The fourth-order valence-electron chi connectivity index (χ4n) is 3.53. The molecule has 1 saturated carbocycles. The van der Waals surface area contributed by atoms with Crippen molar-refractivity contribution in [2.45, 2.75) is 51.2 Å². The SMILES string of the molecule is CCCNC(=O)[C@@H]1C[C@@H](O)[C@H](NC(=O)CCc2nc3ccccc3[nH]c2=O)C1. The van der Waals surface area contributed by atoms with E-state index in [1.54, 1.807) is 12.1 Å². The lowest BCUT2D eigenvalue weighted by Gasteiger charge is -2.16. The van der Waals surface area contributed by atoms with E-state index in [-0.39, 0.29) is 36.1 Å². The Labute approximate surface area is 162 Å². The van der Waals surface area contributed by atoms with E-state index in [2.05, 4.69) is 20.6 Å². The number of aromatic amines is 1. The van der Waals surface area contributed by atoms with E-state index in [0.29, 0.717) is 36.1 Å². The van der Waals surface area contributed by atoms with Gasteiger partial charge in [-0.15, -0.1) is 0 Å². The van der Waals surface area contributed by atoms with Crippen molar-refractivity contribution < 1.29 is 14.7 Å². The molecule has 0 saturated heterocycles. The second-order valence-electron chi connectivity index (χ2n) is 7.23. The number of carbonyl (C=O) groups is 2. The maximum absolute atomic E-state index is 12.3. The molecule has 1 heterocycles. The van der Waals surface area contributed by atoms with Crippen LogP contribution < -0.4 is 16.2 Å². The molecule has 2 amide bonds. The lowest BCUT2D eigenvalue weighted by molar-refractivity contribution is -0.125. The molecular weight excluding hydrogens is 360 g/mol. The zero-order valence-corrected chi connectivity index (χ0v) is 15.9. The summed E-state index contributed by atoms with van der Waals surface area (Å²) >= 11 is 0. The van der Waals surface area contributed by atoms with Gasteiger partial charge in [-0.2, -0.15) is 0 Å². The molecule has 3 rings (SSSR count). The smallest absolute Gasteiger partial charge is 0.270 e. The van der Waals surface area contributed by atoms with Gasteiger partial charge in [0.05, 0.1) is 23.2 Å². The van der Waals surface area contributed by atoms with Crippen LogP contribution in [0.4, 0.5) is 0 Å². The van der Waals surface area contributed by atoms with Gasteiger partial charge < -0.3 is 20.7 Å². The van der Waals surface area contributed by atoms with Crippen molar-refractivity contribution in [3.05, 3.63) is 40.3 Å². The first-order valence-electron chi connectivity index (χ1n) is 9.71. The van der Waals surface area contributed by atoms with E-state index in [0.717, 1.165) is 6.42 Å². The summed E-state index contributed by atoms with van der Waals surface area (Å²) in [5, 5.41) is 15.8. The molecule has 0 bridgehead atoms. The van der Waals surface area contributed by atoms with E-state index in [9.17, 15) is 19.5 Å². The highest BCUT2D eigenvalue weighted by Crippen LogP contribution is 2.26. The number of rotatable bonds is 7. The van der Waals surface area contributed by atoms with Gasteiger partial charge in [-0.25, -0.2) is 4.98 Å². The highest BCUT2D eigenvalue weighted by Gasteiger charge is 2.37. The van der Waals surface area contributed by atoms with Crippen molar-refractivity contribution in [1.82, 2.24) is 20.6 Å². The number of amides is 2. The number of aliphatic hydroxyl groups is 1. The summed E-state index contributed by atoms with van der Waals surface area (Å²) in [4.78, 5) is 43.5. The number of H-pyrrole nitrogens is 1. The topological polar surface area (TPSA) is 124 Å². The minimum absolute atomic E-state index is 0.0791. The predicted molar refractivity (Wildman–Crippen MR) is 105 cm³/mol. The lowest BCUT2D eigenvalue weighted by atomic mass is 10.1. The summed E-state index contributed by atoms with van der Waals surface area (Å²) in [5.74, 6) is -0.644. The molecule has 0 spiro atoms. The second kappa shape index (κ2) is 8.97. The number of aliphatic hydroxyl groups excluding tert-OH is 1. The van der Waals surface area contributed by atoms with E-state index < -0.39 is 12.1 Å². The zero-order valence-electron chi connectivity index (χ0n) is 15.9. The average molecular weight is 386 g/mol. The van der Waals surface area contributed by atoms with Crippen LogP contribution in [0.2, 0.25) is 0 Å². The Hall–Kier alpha value is -2.74. The number of hydrogen-bond donors (Lipinski definition) is 4. The number of fused-ring (bicyclic) bond motifs is 1. The van der Waals surface area contributed by atoms with E-state index in [1.165, 1.54) is 0 Å². The first-order chi connectivity index (χ1) is 13.5. The standard InChI is InChI=1S/C20H26N4O4/c1-2-9-21-19(27)12-10-16(17(25)11-12)23-18(26)8-7-15-20(28)24-14-6-4-3-5-13(14)22-15/h3-6,12,16-17,25H,2,7-11H2,1H3,(H,21,27)(H,23,26)(H,24,28)/t12-,16+,17+/m0/s1. The van der Waals surface area contributed by atoms with Crippen LogP contribution in [0.3, 0.4) is 0 Å². The third kappa shape index (κ3) is 4.75. The van der Waals surface area contributed by atoms with Gasteiger partial charge in [0.1, 0.15) is 5.69 Å². The number of nitrogens with zero attached hydrogens (tertiary/aromatic N) is 1. The summed E-state index contributed by atoms with van der Waals surface area (Å²) in [6.07, 6.45) is 1.15. The highest BCUT2D eigenvalue weighted by molar-refractivity contribution is 5.80. The zero-order chi connectivity index (χ0) is 20.1. The molecule has 1 fully saturated rings. The van der Waals surface area contributed by atoms with Crippen molar-refractivity contribution in [2.75, 3.05) is 6.54 Å². The Morgan fingerprint density at radius 1 is 1.29 bits per heavy atom. The number of aryl methyl sites for hydroxylation is 1. The van der Waals surface area contributed by atoms with Crippen molar-refractivity contribution in [3.63, 3.8) is 0 Å². The van der Waals surface area contributed by atoms with Crippen LogP contribution in [0, 0.1) is 5.92 Å². The Morgan fingerprint density at radius 2 is 2.07 bits per heavy atom. The normalized spacial score (nSPS) is 21.6. The van der Waals surface area contributed by atoms with Crippen LogP contribution in [-0.4, -0.2) is 45.6 Å². The number of hydrogen-bond acceptors (Lipinski definition) is 5. The quantitative estimate of drug-likeness (QED) is 0.556. The van der Waals surface area contributed by atoms with E-state index in [4.69, 9.17) is 0 Å². The van der Waals surface area contributed by atoms with Gasteiger partial charge in [-0.3, -0.25) is 14.4 Å². The Bertz CT molecular complexity index is 910. The number of nitrogens with one attached hydrogen (secondary N) is 3. The van der Waals surface area contributed by atoms with Gasteiger partial charge in [0.15, 0.2) is 0 Å².